The molecule has 1 unspecified atom stereocenters. The van der Waals surface area contributed by atoms with Gasteiger partial charge in [-0.25, -0.2) is 9.80 Å². The van der Waals surface area contributed by atoms with E-state index in [1.807, 2.05) is 31.7 Å². The SMILES string of the molecule is CC(C)OC(=O)N1C[C@H](C)N(C(=O)C2CC2)c2ccc(C3CNN(CC4(C)COC4)C3)cc21. The summed E-state index contributed by atoms with van der Waals surface area (Å²) in [5.74, 6) is 0.617. The van der Waals surface area contributed by atoms with Gasteiger partial charge < -0.3 is 14.4 Å². The number of amides is 2. The van der Waals surface area contributed by atoms with Crippen LogP contribution in [0.2, 0.25) is 0 Å². The van der Waals surface area contributed by atoms with Gasteiger partial charge in [-0.1, -0.05) is 13.0 Å². The van der Waals surface area contributed by atoms with Gasteiger partial charge in [-0.05, 0) is 51.3 Å². The highest BCUT2D eigenvalue weighted by Crippen LogP contribution is 2.42. The Morgan fingerprint density at radius 2 is 1.97 bits per heavy atom. The smallest absolute Gasteiger partial charge is 0.414 e. The first-order valence-corrected chi connectivity index (χ1v) is 12.3. The van der Waals surface area contributed by atoms with Crippen molar-refractivity contribution < 1.29 is 19.1 Å². The van der Waals surface area contributed by atoms with E-state index in [1.165, 1.54) is 5.56 Å². The zero-order valence-corrected chi connectivity index (χ0v) is 20.2. The van der Waals surface area contributed by atoms with Crippen molar-refractivity contribution in [2.45, 2.75) is 58.6 Å². The zero-order valence-electron chi connectivity index (χ0n) is 20.2. The molecule has 0 bridgehead atoms. The van der Waals surface area contributed by atoms with E-state index >= 15 is 0 Å². The van der Waals surface area contributed by atoms with Gasteiger partial charge in [0, 0.05) is 43.4 Å². The maximum absolute atomic E-state index is 13.1. The molecule has 3 fully saturated rings. The normalized spacial score (nSPS) is 26.8. The fraction of sp³-hybridized carbons (Fsp3) is 0.680. The van der Waals surface area contributed by atoms with Crippen LogP contribution in [0, 0.1) is 11.3 Å². The Kier molecular flexibility index (Phi) is 5.87. The lowest BCUT2D eigenvalue weighted by Gasteiger charge is -2.41. The highest BCUT2D eigenvalue weighted by Gasteiger charge is 2.42. The Morgan fingerprint density at radius 1 is 1.21 bits per heavy atom. The average Bonchev–Trinajstić information content (AvgIpc) is 3.50. The number of carbonyl (C=O) groups is 2. The molecule has 1 aromatic carbocycles. The number of nitrogens with zero attached hydrogens (tertiary/aromatic N) is 3. The van der Waals surface area contributed by atoms with Crippen LogP contribution in [0.3, 0.4) is 0 Å². The van der Waals surface area contributed by atoms with Gasteiger partial charge in [0.05, 0.1) is 36.7 Å². The molecule has 0 spiro atoms. The van der Waals surface area contributed by atoms with Crippen molar-refractivity contribution in [3.63, 3.8) is 0 Å². The second-order valence-corrected chi connectivity index (χ2v) is 10.9. The van der Waals surface area contributed by atoms with Crippen LogP contribution in [0.25, 0.3) is 0 Å². The Labute approximate surface area is 196 Å². The van der Waals surface area contributed by atoms with Gasteiger partial charge in [-0.3, -0.25) is 15.1 Å². The summed E-state index contributed by atoms with van der Waals surface area (Å²) in [6.45, 7) is 12.8. The van der Waals surface area contributed by atoms with Crippen LogP contribution < -0.4 is 15.2 Å². The second kappa shape index (κ2) is 8.56. The number of hydrazine groups is 1. The molecule has 2 amide bonds. The van der Waals surface area contributed by atoms with Crippen molar-refractivity contribution in [1.29, 1.82) is 0 Å². The maximum atomic E-state index is 13.1. The first kappa shape index (κ1) is 22.6. The van der Waals surface area contributed by atoms with Gasteiger partial charge in [-0.15, -0.1) is 0 Å². The van der Waals surface area contributed by atoms with E-state index in [9.17, 15) is 9.59 Å². The van der Waals surface area contributed by atoms with Gasteiger partial charge >= 0.3 is 6.09 Å². The molecule has 1 aliphatic carbocycles. The number of carbonyl (C=O) groups excluding carboxylic acids is 2. The molecule has 2 atom stereocenters. The van der Waals surface area contributed by atoms with Gasteiger partial charge in [-0.2, -0.15) is 0 Å². The standard InChI is InChI=1S/C25H36N4O4/c1-16(2)33-24(31)28-11-17(3)29(23(30)18-5-6-18)21-8-7-19(9-22(21)28)20-10-26-27(12-20)13-25(4)14-32-15-25/h7-9,16-18,20,26H,5-6,10-15H2,1-4H3/t17-,20?/m0/s1. The van der Waals surface area contributed by atoms with E-state index in [-0.39, 0.29) is 35.5 Å². The molecule has 8 heteroatoms. The number of anilines is 2. The Bertz CT molecular complexity index is 927. The van der Waals surface area contributed by atoms with Crippen molar-refractivity contribution in [2.24, 2.45) is 11.3 Å². The topological polar surface area (TPSA) is 74.4 Å². The minimum Gasteiger partial charge on any atom is -0.446 e. The van der Waals surface area contributed by atoms with Crippen LogP contribution in [-0.4, -0.2) is 68.5 Å². The largest absolute Gasteiger partial charge is 0.446 e. The summed E-state index contributed by atoms with van der Waals surface area (Å²) in [5, 5.41) is 2.29. The molecule has 4 aliphatic rings. The molecule has 0 aromatic heterocycles. The fourth-order valence-electron chi connectivity index (χ4n) is 5.18. The van der Waals surface area contributed by atoms with Crippen molar-refractivity contribution in [2.75, 3.05) is 49.2 Å². The number of rotatable bonds is 5. The zero-order chi connectivity index (χ0) is 23.3. The highest BCUT2D eigenvalue weighted by molar-refractivity contribution is 6.04. The van der Waals surface area contributed by atoms with Crippen molar-refractivity contribution >= 4 is 23.4 Å². The predicted octanol–water partition coefficient (Wildman–Crippen LogP) is 3.12. The lowest BCUT2D eigenvalue weighted by molar-refractivity contribution is -0.120. The van der Waals surface area contributed by atoms with Gasteiger partial charge in [0.25, 0.3) is 0 Å². The van der Waals surface area contributed by atoms with Gasteiger partial charge in [0.15, 0.2) is 0 Å². The summed E-state index contributed by atoms with van der Waals surface area (Å²) in [6.07, 6.45) is 1.37. The van der Waals surface area contributed by atoms with E-state index in [1.54, 1.807) is 4.90 Å². The van der Waals surface area contributed by atoms with Gasteiger partial charge in [0.1, 0.15) is 0 Å². The average molecular weight is 457 g/mol. The molecule has 2 saturated heterocycles. The van der Waals surface area contributed by atoms with E-state index in [4.69, 9.17) is 9.47 Å². The van der Waals surface area contributed by atoms with Crippen LogP contribution in [0.4, 0.5) is 16.2 Å². The summed E-state index contributed by atoms with van der Waals surface area (Å²) < 4.78 is 11.0. The first-order valence-electron chi connectivity index (χ1n) is 12.3. The highest BCUT2D eigenvalue weighted by atomic mass is 16.6. The first-order chi connectivity index (χ1) is 15.7. The molecule has 1 N–H and O–H groups in total. The Morgan fingerprint density at radius 3 is 2.61 bits per heavy atom. The summed E-state index contributed by atoms with van der Waals surface area (Å²) in [4.78, 5) is 29.7. The van der Waals surface area contributed by atoms with Crippen LogP contribution in [0.15, 0.2) is 18.2 Å². The second-order valence-electron chi connectivity index (χ2n) is 10.9. The van der Waals surface area contributed by atoms with Gasteiger partial charge in [0.2, 0.25) is 5.91 Å². The number of hydrogen-bond donors (Lipinski definition) is 1. The molecular formula is C25H36N4O4. The molecule has 1 aromatic rings. The monoisotopic (exact) mass is 456 g/mol. The van der Waals surface area contributed by atoms with Crippen LogP contribution in [-0.2, 0) is 14.3 Å². The molecule has 0 radical (unpaired) electrons. The lowest BCUT2D eigenvalue weighted by atomic mass is 9.88. The number of benzene rings is 1. The molecule has 5 rings (SSSR count). The summed E-state index contributed by atoms with van der Waals surface area (Å²) in [7, 11) is 0. The molecule has 33 heavy (non-hydrogen) atoms. The minimum atomic E-state index is -0.349. The van der Waals surface area contributed by atoms with E-state index in [0.29, 0.717) is 12.5 Å². The Balaban J connectivity index is 1.41. The fourth-order valence-corrected chi connectivity index (χ4v) is 5.18. The van der Waals surface area contributed by atoms with E-state index in [2.05, 4.69) is 29.5 Å². The third kappa shape index (κ3) is 4.48. The number of fused-ring (bicyclic) bond motifs is 1. The van der Waals surface area contributed by atoms with E-state index in [0.717, 1.165) is 57.1 Å². The van der Waals surface area contributed by atoms with Crippen LogP contribution in [0.1, 0.15) is 52.0 Å². The van der Waals surface area contributed by atoms with Crippen LogP contribution >= 0.6 is 0 Å². The number of ether oxygens (including phenoxy) is 2. The predicted molar refractivity (Wildman–Crippen MR) is 126 cm³/mol. The molecular weight excluding hydrogens is 420 g/mol. The molecule has 1 saturated carbocycles. The number of hydrogen-bond acceptors (Lipinski definition) is 6. The number of nitrogens with one attached hydrogen (secondary N) is 1. The third-order valence-corrected chi connectivity index (χ3v) is 7.11. The quantitative estimate of drug-likeness (QED) is 0.734. The van der Waals surface area contributed by atoms with Crippen molar-refractivity contribution in [1.82, 2.24) is 10.4 Å². The maximum Gasteiger partial charge on any atom is 0.414 e. The van der Waals surface area contributed by atoms with Crippen molar-refractivity contribution in [3.8, 4) is 0 Å². The summed E-state index contributed by atoms with van der Waals surface area (Å²) in [6, 6.07) is 6.16. The molecule has 3 aliphatic heterocycles. The molecule has 180 valence electrons. The Hall–Kier alpha value is -2.16. The lowest BCUT2D eigenvalue weighted by Crippen LogP contribution is -2.52. The summed E-state index contributed by atoms with van der Waals surface area (Å²) >= 11 is 0. The van der Waals surface area contributed by atoms with E-state index < -0.39 is 0 Å². The third-order valence-electron chi connectivity index (χ3n) is 7.11. The molecule has 8 nitrogen and oxygen atoms in total. The minimum absolute atomic E-state index is 0.0924. The van der Waals surface area contributed by atoms with Crippen molar-refractivity contribution in [3.05, 3.63) is 23.8 Å². The molecule has 3 heterocycles. The van der Waals surface area contributed by atoms with Crippen LogP contribution in [0.5, 0.6) is 0 Å². The summed E-state index contributed by atoms with van der Waals surface area (Å²) in [5.41, 5.74) is 6.52.